The fourth-order valence-electron chi connectivity index (χ4n) is 4.97. The fourth-order valence-corrected chi connectivity index (χ4v) is 4.97. The lowest BCUT2D eigenvalue weighted by Crippen LogP contribution is -2.47. The Morgan fingerprint density at radius 3 is 2.21 bits per heavy atom. The second-order valence-corrected chi connectivity index (χ2v) is 8.90. The quantitative estimate of drug-likeness (QED) is 0.429. The Balaban J connectivity index is 1.54. The van der Waals surface area contributed by atoms with Crippen LogP contribution in [0, 0.1) is 19.7 Å². The zero-order chi connectivity index (χ0) is 23.7. The first-order valence-electron chi connectivity index (χ1n) is 11.8. The number of aromatic nitrogens is 3. The highest BCUT2D eigenvalue weighted by Gasteiger charge is 2.30. The van der Waals surface area contributed by atoms with Gasteiger partial charge in [0.05, 0.1) is 29.2 Å². The highest BCUT2D eigenvalue weighted by atomic mass is 19.1. The third kappa shape index (κ3) is 4.29. The van der Waals surface area contributed by atoms with Crippen molar-refractivity contribution in [2.24, 2.45) is 0 Å². The third-order valence-corrected chi connectivity index (χ3v) is 6.87. The number of aryl methyl sites for hydroxylation is 2. The van der Waals surface area contributed by atoms with Crippen molar-refractivity contribution in [3.05, 3.63) is 83.1 Å². The number of hydrogen-bond acceptors (Lipinski definition) is 5. The van der Waals surface area contributed by atoms with Gasteiger partial charge in [0.15, 0.2) is 0 Å². The second-order valence-electron chi connectivity index (χ2n) is 8.90. The van der Waals surface area contributed by atoms with Crippen LogP contribution < -0.4 is 0 Å². The summed E-state index contributed by atoms with van der Waals surface area (Å²) < 4.78 is 18.8. The van der Waals surface area contributed by atoms with Crippen LogP contribution in [0.25, 0.3) is 22.4 Å². The molecule has 5 rings (SSSR count). The lowest BCUT2D eigenvalue weighted by Gasteiger charge is -2.39. The lowest BCUT2D eigenvalue weighted by molar-refractivity contribution is 0.113. The highest BCUT2D eigenvalue weighted by molar-refractivity contribution is 5.69. The molecule has 1 aliphatic rings. The molecule has 0 saturated carbocycles. The van der Waals surface area contributed by atoms with E-state index in [0.717, 1.165) is 72.1 Å². The zero-order valence-corrected chi connectivity index (χ0v) is 19.9. The molecule has 1 aliphatic heterocycles. The average Bonchev–Trinajstić information content (AvgIpc) is 3.46. The van der Waals surface area contributed by atoms with Crippen molar-refractivity contribution in [3.8, 4) is 22.4 Å². The van der Waals surface area contributed by atoms with Gasteiger partial charge < -0.3 is 9.42 Å². The van der Waals surface area contributed by atoms with Gasteiger partial charge in [0.2, 0.25) is 0 Å². The molecule has 1 N–H and O–H groups in total. The van der Waals surface area contributed by atoms with E-state index in [9.17, 15) is 4.39 Å². The van der Waals surface area contributed by atoms with Crippen molar-refractivity contribution in [1.82, 2.24) is 25.2 Å². The van der Waals surface area contributed by atoms with Crippen LogP contribution in [-0.4, -0.2) is 57.9 Å². The van der Waals surface area contributed by atoms with Crippen molar-refractivity contribution in [1.29, 1.82) is 0 Å². The molecule has 1 atom stereocenters. The van der Waals surface area contributed by atoms with Crippen molar-refractivity contribution >= 4 is 0 Å². The molecule has 34 heavy (non-hydrogen) atoms. The highest BCUT2D eigenvalue weighted by Crippen LogP contribution is 2.38. The van der Waals surface area contributed by atoms with Gasteiger partial charge in [-0.3, -0.25) is 10.00 Å². The molecule has 0 radical (unpaired) electrons. The van der Waals surface area contributed by atoms with Crippen LogP contribution in [0.1, 0.15) is 35.5 Å². The molecule has 0 aliphatic carbocycles. The molecule has 176 valence electrons. The Morgan fingerprint density at radius 1 is 0.971 bits per heavy atom. The molecular weight excluding hydrogens is 429 g/mol. The van der Waals surface area contributed by atoms with Gasteiger partial charge in [-0.25, -0.2) is 4.39 Å². The Bertz CT molecular complexity index is 1220. The number of nitrogens with one attached hydrogen (secondary N) is 1. The number of likely N-dealkylation sites (N-methyl/N-ethyl adjacent to an activating group) is 1. The van der Waals surface area contributed by atoms with Crippen LogP contribution in [0.2, 0.25) is 0 Å². The summed E-state index contributed by atoms with van der Waals surface area (Å²) in [5, 5.41) is 11.8. The summed E-state index contributed by atoms with van der Waals surface area (Å²) in [4.78, 5) is 5.02. The average molecular weight is 460 g/mol. The molecule has 7 heteroatoms. The lowest BCUT2D eigenvalue weighted by atomic mass is 9.92. The molecule has 1 unspecified atom stereocenters. The largest absolute Gasteiger partial charge is 0.361 e. The monoisotopic (exact) mass is 459 g/mol. The summed E-state index contributed by atoms with van der Waals surface area (Å²) in [6.45, 7) is 11.2. The van der Waals surface area contributed by atoms with Gasteiger partial charge in [0, 0.05) is 31.7 Å². The number of benzene rings is 2. The predicted octanol–water partition coefficient (Wildman–Crippen LogP) is 5.21. The Hall–Kier alpha value is -3.29. The van der Waals surface area contributed by atoms with E-state index in [1.165, 1.54) is 17.7 Å². The maximum absolute atomic E-state index is 13.4. The van der Waals surface area contributed by atoms with Crippen LogP contribution in [-0.2, 0) is 0 Å². The zero-order valence-electron chi connectivity index (χ0n) is 19.9. The molecule has 2 aromatic carbocycles. The van der Waals surface area contributed by atoms with Gasteiger partial charge in [-0.15, -0.1) is 0 Å². The minimum Gasteiger partial charge on any atom is -0.361 e. The van der Waals surface area contributed by atoms with Gasteiger partial charge in [0.1, 0.15) is 11.6 Å². The maximum atomic E-state index is 13.4. The van der Waals surface area contributed by atoms with E-state index in [-0.39, 0.29) is 11.9 Å². The number of rotatable bonds is 6. The van der Waals surface area contributed by atoms with Crippen LogP contribution >= 0.6 is 0 Å². The third-order valence-electron chi connectivity index (χ3n) is 6.87. The number of halogens is 1. The van der Waals surface area contributed by atoms with Crippen molar-refractivity contribution in [2.45, 2.75) is 26.8 Å². The molecule has 0 spiro atoms. The molecule has 1 saturated heterocycles. The number of nitrogens with zero attached hydrogens (tertiary/aromatic N) is 4. The summed E-state index contributed by atoms with van der Waals surface area (Å²) >= 11 is 0. The smallest absolute Gasteiger partial charge is 0.143 e. The predicted molar refractivity (Wildman–Crippen MR) is 131 cm³/mol. The van der Waals surface area contributed by atoms with Gasteiger partial charge in [-0.1, -0.05) is 48.5 Å². The minimum absolute atomic E-state index is 0.0451. The Labute approximate surface area is 199 Å². The van der Waals surface area contributed by atoms with Crippen molar-refractivity contribution in [2.75, 3.05) is 32.7 Å². The molecule has 3 heterocycles. The molecule has 1 fully saturated rings. The number of H-pyrrole nitrogens is 1. The van der Waals surface area contributed by atoms with Crippen LogP contribution in [0.3, 0.4) is 0 Å². The fraction of sp³-hybridized carbons (Fsp3) is 0.333. The second kappa shape index (κ2) is 9.52. The Morgan fingerprint density at radius 2 is 1.62 bits per heavy atom. The summed E-state index contributed by atoms with van der Waals surface area (Å²) in [6.07, 6.45) is 1.94. The summed E-state index contributed by atoms with van der Waals surface area (Å²) in [7, 11) is 0. The van der Waals surface area contributed by atoms with Crippen LogP contribution in [0.4, 0.5) is 4.39 Å². The minimum atomic E-state index is -0.224. The first kappa shape index (κ1) is 22.5. The van der Waals surface area contributed by atoms with E-state index in [0.29, 0.717) is 0 Å². The normalized spacial score (nSPS) is 16.1. The molecule has 4 aromatic rings. The summed E-state index contributed by atoms with van der Waals surface area (Å²) in [5.41, 5.74) is 7.18. The van der Waals surface area contributed by atoms with Gasteiger partial charge >= 0.3 is 0 Å². The van der Waals surface area contributed by atoms with Crippen LogP contribution in [0.15, 0.2) is 59.3 Å². The van der Waals surface area contributed by atoms with E-state index in [1.807, 2.05) is 32.2 Å². The van der Waals surface area contributed by atoms with E-state index < -0.39 is 0 Å². The van der Waals surface area contributed by atoms with Gasteiger partial charge in [-0.05, 0) is 49.2 Å². The first-order chi connectivity index (χ1) is 16.5. The van der Waals surface area contributed by atoms with E-state index >= 15 is 0 Å². The molecule has 6 nitrogen and oxygen atoms in total. The number of hydrogen-bond donors (Lipinski definition) is 1. The summed E-state index contributed by atoms with van der Waals surface area (Å²) in [6, 6.07) is 15.3. The topological polar surface area (TPSA) is 61.2 Å². The maximum Gasteiger partial charge on any atom is 0.143 e. The first-order valence-corrected chi connectivity index (χ1v) is 11.8. The van der Waals surface area contributed by atoms with Gasteiger partial charge in [-0.2, -0.15) is 5.10 Å². The van der Waals surface area contributed by atoms with Crippen molar-refractivity contribution < 1.29 is 8.91 Å². The van der Waals surface area contributed by atoms with Gasteiger partial charge in [0.25, 0.3) is 0 Å². The standard InChI is InChI=1S/C27H30FN5O/c1-4-32-13-15-33(16-14-32)27(24-17-29-30-26(24)25-18(2)31-34-19(25)3)22-7-5-20(6-8-22)21-9-11-23(28)12-10-21/h5-12,17,27H,4,13-16H2,1-3H3,(H,29,30). The summed E-state index contributed by atoms with van der Waals surface area (Å²) in [5.74, 6) is 0.558. The molecule has 0 bridgehead atoms. The van der Waals surface area contributed by atoms with E-state index in [2.05, 4.69) is 56.3 Å². The van der Waals surface area contributed by atoms with Crippen LogP contribution in [0.5, 0.6) is 0 Å². The molecular formula is C27H30FN5O. The molecule has 2 aromatic heterocycles. The number of piperazine rings is 1. The van der Waals surface area contributed by atoms with E-state index in [4.69, 9.17) is 4.52 Å². The number of aromatic amines is 1. The Kier molecular flexibility index (Phi) is 6.30. The SMILES string of the molecule is CCN1CCN(C(c2ccc(-c3ccc(F)cc3)cc2)c2cn[nH]c2-c2c(C)noc2C)CC1. The molecule has 0 amide bonds. The van der Waals surface area contributed by atoms with E-state index in [1.54, 1.807) is 0 Å². The van der Waals surface area contributed by atoms with Crippen molar-refractivity contribution in [3.63, 3.8) is 0 Å².